The second kappa shape index (κ2) is 3.98. The maximum Gasteiger partial charge on any atom is 0.368 e. The first-order valence-corrected chi connectivity index (χ1v) is 4.24. The fourth-order valence-electron chi connectivity index (χ4n) is 0. The van der Waals surface area contributed by atoms with Gasteiger partial charge in [0.2, 0.25) is 0 Å². The topological polar surface area (TPSA) is 89.4 Å². The standard InChI is InChI=1S/HIO4.Sr/c2-1(3,4)5;/h2H;. The zero-order valence-electron chi connectivity index (χ0n) is 2.76. The maximum atomic E-state index is 8.73. The average Bonchev–Trinajstić information content (AvgIpc) is 0.722. The van der Waals surface area contributed by atoms with Gasteiger partial charge >= 0.3 is 20.1 Å². The Morgan fingerprint density at radius 2 is 1.17 bits per heavy atom. The van der Waals surface area contributed by atoms with Gasteiger partial charge in [0.05, 0.1) is 0 Å². The average molecular weight is 280 g/mol. The van der Waals surface area contributed by atoms with Crippen LogP contribution in [0, 0.1) is 0 Å². The third-order valence-corrected chi connectivity index (χ3v) is 0. The Hall–Kier alpha value is 2.05. The Bertz CT molecular complexity index is 23.0. The van der Waals surface area contributed by atoms with Gasteiger partial charge in [0.1, 0.15) is 0 Å². The van der Waals surface area contributed by atoms with Crippen molar-refractivity contribution < 1.29 is 33.8 Å². The van der Waals surface area contributed by atoms with Crippen molar-refractivity contribution in [1.29, 1.82) is 0 Å². The molecular weight excluding hydrogens is 279 g/mol. The normalized spacial score (nSPS) is 10.0. The van der Waals surface area contributed by atoms with Gasteiger partial charge in [-0.2, -0.15) is 0 Å². The van der Waals surface area contributed by atoms with Gasteiger partial charge in [-0.25, -0.2) is 0 Å². The second-order valence-corrected chi connectivity index (χ2v) is 2.66. The fourth-order valence-corrected chi connectivity index (χ4v) is 0. The molecule has 1 N–H and O–H groups in total. The smallest absolute Gasteiger partial charge is 0.256 e. The van der Waals surface area contributed by atoms with Crippen LogP contribution in [0.4, 0.5) is 0 Å². The first kappa shape index (κ1) is 10.9. The van der Waals surface area contributed by atoms with Gasteiger partial charge in [-0.3, -0.25) is 10.3 Å². The molecule has 0 spiro atoms. The predicted molar refractivity (Wildman–Crippen MR) is 7.97 cm³/mol. The van der Waals surface area contributed by atoms with Crippen molar-refractivity contribution >= 4 is 45.5 Å². The number of rotatable bonds is 0. The Morgan fingerprint density at radius 1 is 1.17 bits per heavy atom. The molecule has 0 unspecified atom stereocenters. The van der Waals surface area contributed by atoms with Crippen molar-refractivity contribution in [3.8, 4) is 0 Å². The van der Waals surface area contributed by atoms with E-state index >= 15 is 0 Å². The zero-order chi connectivity index (χ0) is 4.50. The van der Waals surface area contributed by atoms with Crippen LogP contribution in [0.25, 0.3) is 0 Å². The summed E-state index contributed by atoms with van der Waals surface area (Å²) in [5, 5.41) is 0. The van der Waals surface area contributed by atoms with Crippen molar-refractivity contribution in [2.75, 3.05) is 0 Å². The van der Waals surface area contributed by atoms with E-state index < -0.39 is 20.1 Å². The van der Waals surface area contributed by atoms with E-state index in [0.717, 1.165) is 0 Å². The molecule has 2 radical (unpaired) electrons. The summed E-state index contributed by atoms with van der Waals surface area (Å²) in [6.45, 7) is 0. The summed E-state index contributed by atoms with van der Waals surface area (Å²) in [5.41, 5.74) is 0. The molecule has 0 bridgehead atoms. The van der Waals surface area contributed by atoms with Gasteiger partial charge in [0, 0.05) is 48.9 Å². The molecule has 6 heavy (non-hydrogen) atoms. The maximum absolute atomic E-state index is 8.73. The van der Waals surface area contributed by atoms with Gasteiger partial charge in [-0.1, -0.05) is 0 Å². The molecule has 6 heteroatoms. The van der Waals surface area contributed by atoms with Crippen LogP contribution < -0.4 is 30.4 Å². The summed E-state index contributed by atoms with van der Waals surface area (Å²) in [7, 11) is 0. The van der Waals surface area contributed by atoms with Crippen molar-refractivity contribution in [1.82, 2.24) is 0 Å². The van der Waals surface area contributed by atoms with E-state index in [1.165, 1.54) is 0 Å². The SMILES string of the molecule is [O-][I+3]([O-])([O-])O.[Sr]. The Morgan fingerprint density at radius 3 is 1.17 bits per heavy atom. The monoisotopic (exact) mass is 280 g/mol. The van der Waals surface area contributed by atoms with Crippen molar-refractivity contribution in [2.24, 2.45) is 0 Å². The van der Waals surface area contributed by atoms with Crippen molar-refractivity contribution in [3.63, 3.8) is 0 Å². The summed E-state index contributed by atoms with van der Waals surface area (Å²) in [5.74, 6) is 0. The van der Waals surface area contributed by atoms with Crippen LogP contribution in [-0.2, 0) is 0 Å². The van der Waals surface area contributed by atoms with Crippen LogP contribution in [0.1, 0.15) is 0 Å². The fraction of sp³-hybridized carbons (Fsp3) is 0. The van der Waals surface area contributed by atoms with Crippen molar-refractivity contribution in [3.05, 3.63) is 0 Å². The number of halogens is 1. The minimum atomic E-state index is -5.69. The molecule has 0 saturated carbocycles. The molecule has 0 aromatic rings. The molecular formula is HIO4Sr. The summed E-state index contributed by atoms with van der Waals surface area (Å²) < 4.78 is 33.2. The van der Waals surface area contributed by atoms with Crippen molar-refractivity contribution in [2.45, 2.75) is 0 Å². The molecule has 0 aromatic carbocycles. The minimum Gasteiger partial charge on any atom is -0.256 e. The third-order valence-electron chi connectivity index (χ3n) is 0. The van der Waals surface area contributed by atoms with Crippen LogP contribution in [0.2, 0.25) is 0 Å². The van der Waals surface area contributed by atoms with Gasteiger partial charge in [0.25, 0.3) is 0 Å². The molecule has 0 aliphatic rings. The molecule has 0 atom stereocenters. The second-order valence-electron chi connectivity index (χ2n) is 0.396. The zero-order valence-corrected chi connectivity index (χ0v) is 8.39. The largest absolute Gasteiger partial charge is 0.368 e. The Balaban J connectivity index is 0. The summed E-state index contributed by atoms with van der Waals surface area (Å²) >= 11 is -5.69. The minimum absolute atomic E-state index is 0. The van der Waals surface area contributed by atoms with Gasteiger partial charge in [-0.15, -0.1) is 0 Å². The predicted octanol–water partition coefficient (Wildman–Crippen LogP) is -7.50. The molecule has 0 amide bonds. The van der Waals surface area contributed by atoms with E-state index in [4.69, 9.17) is 13.7 Å². The molecule has 0 aromatic heterocycles. The molecule has 0 heterocycles. The molecule has 0 aliphatic carbocycles. The van der Waals surface area contributed by atoms with Crippen LogP contribution in [0.5, 0.6) is 0 Å². The van der Waals surface area contributed by atoms with E-state index in [0.29, 0.717) is 0 Å². The summed E-state index contributed by atoms with van der Waals surface area (Å²) in [6.07, 6.45) is 0. The van der Waals surface area contributed by atoms with E-state index in [1.54, 1.807) is 0 Å². The van der Waals surface area contributed by atoms with E-state index in [9.17, 15) is 0 Å². The summed E-state index contributed by atoms with van der Waals surface area (Å²) in [6, 6.07) is 0. The number of hydrogen-bond acceptors (Lipinski definition) is 4. The summed E-state index contributed by atoms with van der Waals surface area (Å²) in [4.78, 5) is 0. The number of hydrogen-bond donors (Lipinski definition) is 1. The van der Waals surface area contributed by atoms with Gasteiger partial charge < -0.3 is 0 Å². The first-order chi connectivity index (χ1) is 2.00. The molecule has 0 aliphatic heterocycles. The van der Waals surface area contributed by atoms with Gasteiger partial charge in [-0.05, 0) is 0 Å². The van der Waals surface area contributed by atoms with E-state index in [-0.39, 0.29) is 45.5 Å². The molecule has 34 valence electrons. The van der Waals surface area contributed by atoms with E-state index in [2.05, 4.69) is 0 Å². The molecule has 4 nitrogen and oxygen atoms in total. The first-order valence-electron chi connectivity index (χ1n) is 0.632. The van der Waals surface area contributed by atoms with Crippen LogP contribution in [0.15, 0.2) is 0 Å². The van der Waals surface area contributed by atoms with Crippen LogP contribution in [0.3, 0.4) is 0 Å². The Kier molecular flexibility index (Phi) is 7.26. The van der Waals surface area contributed by atoms with Crippen LogP contribution in [-0.4, -0.2) is 48.9 Å². The van der Waals surface area contributed by atoms with Gasteiger partial charge in [0.15, 0.2) is 0 Å². The third kappa shape index (κ3) is 36.7. The molecule has 0 rings (SSSR count). The quantitative estimate of drug-likeness (QED) is 0.352. The Labute approximate surface area is 77.8 Å². The molecule has 0 fully saturated rings. The molecule has 0 saturated heterocycles. The van der Waals surface area contributed by atoms with E-state index in [1.807, 2.05) is 0 Å². The van der Waals surface area contributed by atoms with Crippen LogP contribution >= 0.6 is 0 Å².